The van der Waals surface area contributed by atoms with E-state index in [1.807, 2.05) is 38.1 Å². The van der Waals surface area contributed by atoms with Crippen molar-refractivity contribution in [1.82, 2.24) is 10.2 Å². The largest absolute Gasteiger partial charge is 0.497 e. The summed E-state index contributed by atoms with van der Waals surface area (Å²) in [4.78, 5) is 43.1. The summed E-state index contributed by atoms with van der Waals surface area (Å²) in [5, 5.41) is 3.17. The van der Waals surface area contributed by atoms with E-state index in [2.05, 4.69) is 22.3 Å². The van der Waals surface area contributed by atoms with Crippen LogP contribution in [0.2, 0.25) is 0 Å². The van der Waals surface area contributed by atoms with Crippen molar-refractivity contribution in [3.63, 3.8) is 0 Å². The summed E-state index contributed by atoms with van der Waals surface area (Å²) >= 11 is 0. The van der Waals surface area contributed by atoms with Gasteiger partial charge in [-0.3, -0.25) is 19.3 Å². The zero-order valence-corrected chi connectivity index (χ0v) is 19.8. The van der Waals surface area contributed by atoms with Crippen LogP contribution in [0, 0.1) is 17.8 Å². The van der Waals surface area contributed by atoms with Gasteiger partial charge in [0.05, 0.1) is 18.9 Å². The number of benzene rings is 1. The standard InChI is InChI=1S/C26H35N3O4/c1-17(2)16-23(29-25(31)21-6-4-5-7-22(21)26(29)32)24(30)27-18-12-14-28(15-13-18)19-8-10-20(33-3)11-9-19/h4-5,8-11,17-18,21-23H,6-7,12-16H2,1-3H3,(H,27,30). The van der Waals surface area contributed by atoms with Gasteiger partial charge in [0.2, 0.25) is 17.7 Å². The fourth-order valence-electron chi connectivity index (χ4n) is 5.28. The molecule has 0 radical (unpaired) electrons. The molecule has 3 aliphatic rings. The second-order valence-corrected chi connectivity index (χ2v) is 9.82. The number of anilines is 1. The highest BCUT2D eigenvalue weighted by Crippen LogP contribution is 2.37. The molecule has 1 aromatic rings. The second kappa shape index (κ2) is 9.98. The van der Waals surface area contributed by atoms with Crippen molar-refractivity contribution in [1.29, 1.82) is 0 Å². The van der Waals surface area contributed by atoms with Gasteiger partial charge in [-0.05, 0) is 62.3 Å². The number of likely N-dealkylation sites (tertiary alicyclic amines) is 1. The molecule has 2 aliphatic heterocycles. The lowest BCUT2D eigenvalue weighted by atomic mass is 9.85. The van der Waals surface area contributed by atoms with Crippen molar-refractivity contribution in [3.05, 3.63) is 36.4 Å². The zero-order chi connectivity index (χ0) is 23.5. The molecule has 7 heteroatoms. The van der Waals surface area contributed by atoms with Gasteiger partial charge in [-0.2, -0.15) is 0 Å². The maximum absolute atomic E-state index is 13.4. The van der Waals surface area contributed by atoms with E-state index >= 15 is 0 Å². The number of fused-ring (bicyclic) bond motifs is 1. The number of carbonyl (C=O) groups excluding carboxylic acids is 3. The molecule has 3 atom stereocenters. The number of piperidine rings is 1. The number of hydrogen-bond acceptors (Lipinski definition) is 5. The molecule has 7 nitrogen and oxygen atoms in total. The number of amides is 3. The number of carbonyl (C=O) groups is 3. The first-order valence-corrected chi connectivity index (χ1v) is 12.1. The lowest BCUT2D eigenvalue weighted by Gasteiger charge is -2.35. The van der Waals surface area contributed by atoms with E-state index in [0.717, 1.165) is 37.4 Å². The van der Waals surface area contributed by atoms with Gasteiger partial charge in [0, 0.05) is 24.8 Å². The van der Waals surface area contributed by atoms with Gasteiger partial charge in [0.15, 0.2) is 0 Å². The van der Waals surface area contributed by atoms with Crippen molar-refractivity contribution in [2.75, 3.05) is 25.1 Å². The van der Waals surface area contributed by atoms with Crippen LogP contribution in [0.15, 0.2) is 36.4 Å². The van der Waals surface area contributed by atoms with Crippen molar-refractivity contribution >= 4 is 23.4 Å². The van der Waals surface area contributed by atoms with E-state index in [1.54, 1.807) is 7.11 Å². The van der Waals surface area contributed by atoms with Crippen molar-refractivity contribution in [3.8, 4) is 5.75 Å². The maximum Gasteiger partial charge on any atom is 0.243 e. The van der Waals surface area contributed by atoms with Crippen LogP contribution in [-0.2, 0) is 14.4 Å². The normalized spacial score (nSPS) is 24.2. The Labute approximate surface area is 196 Å². The highest BCUT2D eigenvalue weighted by Gasteiger charge is 2.51. The number of hydrogen-bond donors (Lipinski definition) is 1. The molecule has 0 saturated carbocycles. The smallest absolute Gasteiger partial charge is 0.243 e. The van der Waals surface area contributed by atoms with Gasteiger partial charge in [0.25, 0.3) is 0 Å². The van der Waals surface area contributed by atoms with Crippen LogP contribution < -0.4 is 15.0 Å². The first-order chi connectivity index (χ1) is 15.9. The fraction of sp³-hybridized carbons (Fsp3) is 0.577. The first kappa shape index (κ1) is 23.3. The lowest BCUT2D eigenvalue weighted by molar-refractivity contribution is -0.148. The molecule has 0 bridgehead atoms. The third kappa shape index (κ3) is 4.92. The second-order valence-electron chi connectivity index (χ2n) is 9.82. The van der Waals surface area contributed by atoms with E-state index < -0.39 is 6.04 Å². The molecule has 1 N–H and O–H groups in total. The van der Waals surface area contributed by atoms with Crippen LogP contribution >= 0.6 is 0 Å². The number of rotatable bonds is 7. The van der Waals surface area contributed by atoms with Crippen LogP contribution in [0.5, 0.6) is 5.75 Å². The third-order valence-corrected chi connectivity index (χ3v) is 7.13. The van der Waals surface area contributed by atoms with E-state index in [9.17, 15) is 14.4 Å². The third-order valence-electron chi connectivity index (χ3n) is 7.13. The SMILES string of the molecule is COc1ccc(N2CCC(NC(=O)C(CC(C)C)N3C(=O)C4CC=CCC4C3=O)CC2)cc1. The highest BCUT2D eigenvalue weighted by atomic mass is 16.5. The van der Waals surface area contributed by atoms with Gasteiger partial charge >= 0.3 is 0 Å². The Kier molecular flexibility index (Phi) is 7.05. The maximum atomic E-state index is 13.4. The van der Waals surface area contributed by atoms with Gasteiger partial charge in [-0.15, -0.1) is 0 Å². The van der Waals surface area contributed by atoms with Gasteiger partial charge in [-0.25, -0.2) is 0 Å². The predicted molar refractivity (Wildman–Crippen MR) is 127 cm³/mol. The average Bonchev–Trinajstić information content (AvgIpc) is 3.08. The Morgan fingerprint density at radius 1 is 1.03 bits per heavy atom. The summed E-state index contributed by atoms with van der Waals surface area (Å²) in [5.41, 5.74) is 1.14. The molecule has 3 amide bonds. The Hall–Kier alpha value is -2.83. The van der Waals surface area contributed by atoms with Gasteiger partial charge < -0.3 is 15.0 Å². The molecular formula is C26H35N3O4. The predicted octanol–water partition coefficient (Wildman–Crippen LogP) is 3.15. The molecule has 0 aromatic heterocycles. The van der Waals surface area contributed by atoms with Gasteiger partial charge in [-0.1, -0.05) is 26.0 Å². The topological polar surface area (TPSA) is 79.0 Å². The Balaban J connectivity index is 1.39. The number of methoxy groups -OCH3 is 1. The first-order valence-electron chi connectivity index (χ1n) is 12.1. The van der Waals surface area contributed by atoms with Gasteiger partial charge in [0.1, 0.15) is 11.8 Å². The number of nitrogens with zero attached hydrogens (tertiary/aromatic N) is 2. The number of allylic oxidation sites excluding steroid dienone is 2. The van der Waals surface area contributed by atoms with Crippen LogP contribution in [0.25, 0.3) is 0 Å². The lowest BCUT2D eigenvalue weighted by Crippen LogP contribution is -2.54. The summed E-state index contributed by atoms with van der Waals surface area (Å²) in [6.07, 6.45) is 7.26. The molecule has 33 heavy (non-hydrogen) atoms. The minimum Gasteiger partial charge on any atom is -0.497 e. The van der Waals surface area contributed by atoms with Crippen LogP contribution in [0.4, 0.5) is 5.69 Å². The quantitative estimate of drug-likeness (QED) is 0.507. The molecule has 2 fully saturated rings. The molecule has 1 aromatic carbocycles. The summed E-state index contributed by atoms with van der Waals surface area (Å²) < 4.78 is 5.23. The minimum atomic E-state index is -0.727. The Morgan fingerprint density at radius 2 is 1.61 bits per heavy atom. The van der Waals surface area contributed by atoms with Crippen LogP contribution in [-0.4, -0.2) is 54.9 Å². The van der Waals surface area contributed by atoms with Crippen molar-refractivity contribution in [2.24, 2.45) is 17.8 Å². The highest BCUT2D eigenvalue weighted by molar-refractivity contribution is 6.08. The summed E-state index contributed by atoms with van der Waals surface area (Å²) in [6.45, 7) is 5.72. The molecule has 2 saturated heterocycles. The molecule has 4 rings (SSSR count). The summed E-state index contributed by atoms with van der Waals surface area (Å²) in [7, 11) is 1.66. The molecule has 3 unspecified atom stereocenters. The van der Waals surface area contributed by atoms with E-state index in [1.165, 1.54) is 4.90 Å². The molecule has 1 aliphatic carbocycles. The number of ether oxygens (including phenoxy) is 1. The average molecular weight is 454 g/mol. The molecular weight excluding hydrogens is 418 g/mol. The zero-order valence-electron chi connectivity index (χ0n) is 19.8. The minimum absolute atomic E-state index is 0.0402. The fourth-order valence-corrected chi connectivity index (χ4v) is 5.28. The summed E-state index contributed by atoms with van der Waals surface area (Å²) in [6, 6.07) is 7.33. The van der Waals surface area contributed by atoms with Crippen molar-refractivity contribution < 1.29 is 19.1 Å². The number of imide groups is 1. The van der Waals surface area contributed by atoms with Crippen LogP contribution in [0.1, 0.15) is 46.0 Å². The van der Waals surface area contributed by atoms with E-state index in [-0.39, 0.29) is 41.5 Å². The van der Waals surface area contributed by atoms with Crippen LogP contribution in [0.3, 0.4) is 0 Å². The number of nitrogens with one attached hydrogen (secondary N) is 1. The van der Waals surface area contributed by atoms with Crippen molar-refractivity contribution in [2.45, 2.75) is 58.0 Å². The molecule has 0 spiro atoms. The Bertz CT molecular complexity index is 877. The van der Waals surface area contributed by atoms with E-state index in [0.29, 0.717) is 19.3 Å². The van der Waals surface area contributed by atoms with E-state index in [4.69, 9.17) is 4.74 Å². The Morgan fingerprint density at radius 3 is 2.12 bits per heavy atom. The molecule has 2 heterocycles. The monoisotopic (exact) mass is 453 g/mol. The molecule has 178 valence electrons. The summed E-state index contributed by atoms with van der Waals surface area (Å²) in [5.74, 6) is -0.137.